The molecule has 0 aliphatic rings. The zero-order valence-corrected chi connectivity index (χ0v) is 7.67. The van der Waals surface area contributed by atoms with Crippen LogP contribution in [0, 0.1) is 6.07 Å². The molecule has 2 aromatic rings. The lowest BCUT2D eigenvalue weighted by atomic mass is 10.2. The lowest BCUT2D eigenvalue weighted by Crippen LogP contribution is -1.68. The van der Waals surface area contributed by atoms with Crippen molar-refractivity contribution in [1.82, 2.24) is 0 Å². The van der Waals surface area contributed by atoms with Gasteiger partial charge in [-0.3, -0.25) is 4.79 Å². The fourth-order valence-corrected chi connectivity index (χ4v) is 1.94. The zero-order chi connectivity index (χ0) is 9.10. The molecule has 0 atom stereocenters. The minimum Gasteiger partial charge on any atom is -0.297 e. The Kier molecular flexibility index (Phi) is 2.23. The minimum absolute atomic E-state index is 0.763. The van der Waals surface area contributed by atoms with Gasteiger partial charge in [-0.1, -0.05) is 18.2 Å². The van der Waals surface area contributed by atoms with Gasteiger partial charge in [-0.25, -0.2) is 0 Å². The second-order valence-corrected chi connectivity index (χ2v) is 3.73. The van der Waals surface area contributed by atoms with E-state index in [2.05, 4.69) is 6.07 Å². The van der Waals surface area contributed by atoms with Crippen LogP contribution in [-0.2, 0) is 0 Å². The first-order valence-corrected chi connectivity index (χ1v) is 4.73. The molecule has 1 nitrogen and oxygen atoms in total. The zero-order valence-electron chi connectivity index (χ0n) is 6.86. The van der Waals surface area contributed by atoms with Gasteiger partial charge in [-0.15, -0.1) is 11.3 Å². The number of carbonyl (C=O) groups excluding carboxylic acids is 1. The third kappa shape index (κ3) is 1.68. The van der Waals surface area contributed by atoms with Crippen LogP contribution >= 0.6 is 11.3 Å². The number of aldehydes is 1. The molecule has 0 saturated heterocycles. The van der Waals surface area contributed by atoms with E-state index in [-0.39, 0.29) is 0 Å². The third-order valence-electron chi connectivity index (χ3n) is 1.73. The molecule has 1 aromatic heterocycles. The lowest BCUT2D eigenvalue weighted by Gasteiger charge is -1.93. The number of hydrogen-bond donors (Lipinski definition) is 0. The quantitative estimate of drug-likeness (QED) is 0.660. The molecule has 0 spiro atoms. The molecule has 2 heteroatoms. The Morgan fingerprint density at radius 2 is 2.23 bits per heavy atom. The van der Waals surface area contributed by atoms with E-state index in [0.29, 0.717) is 0 Å². The van der Waals surface area contributed by atoms with Crippen LogP contribution in [0.4, 0.5) is 0 Å². The average Bonchev–Trinajstić information content (AvgIpc) is 2.67. The van der Waals surface area contributed by atoms with Crippen molar-refractivity contribution in [1.29, 1.82) is 0 Å². The third-order valence-corrected chi connectivity index (χ3v) is 2.79. The fraction of sp³-hybridized carbons (Fsp3) is 0. The number of rotatable bonds is 2. The molecule has 1 aromatic carbocycles. The Balaban J connectivity index is 2.41. The number of thiophene rings is 1. The SMILES string of the molecule is O=Cc1ccc(-c2c[c]ccc2)s1. The highest BCUT2D eigenvalue weighted by molar-refractivity contribution is 7.17. The number of carbonyl (C=O) groups is 1. The molecule has 0 aliphatic heterocycles. The Hall–Kier alpha value is -1.41. The van der Waals surface area contributed by atoms with Crippen LogP contribution in [0.2, 0.25) is 0 Å². The maximum Gasteiger partial charge on any atom is 0.160 e. The van der Waals surface area contributed by atoms with Crippen molar-refractivity contribution in [2.45, 2.75) is 0 Å². The number of hydrogen-bond acceptors (Lipinski definition) is 2. The highest BCUT2D eigenvalue weighted by Gasteiger charge is 2.00. The van der Waals surface area contributed by atoms with Crippen molar-refractivity contribution >= 4 is 17.6 Å². The van der Waals surface area contributed by atoms with Crippen LogP contribution in [-0.4, -0.2) is 6.29 Å². The van der Waals surface area contributed by atoms with Gasteiger partial charge in [-0.05, 0) is 29.8 Å². The predicted octanol–water partition coefficient (Wildman–Crippen LogP) is 3.03. The summed E-state index contributed by atoms with van der Waals surface area (Å²) in [5, 5.41) is 0. The molecule has 0 aliphatic carbocycles. The first-order valence-electron chi connectivity index (χ1n) is 3.91. The molecule has 0 fully saturated rings. The molecule has 0 N–H and O–H groups in total. The van der Waals surface area contributed by atoms with Crippen molar-refractivity contribution < 1.29 is 4.79 Å². The molecular weight excluding hydrogens is 180 g/mol. The highest BCUT2D eigenvalue weighted by Crippen LogP contribution is 2.26. The Morgan fingerprint density at radius 3 is 2.85 bits per heavy atom. The van der Waals surface area contributed by atoms with Gasteiger partial charge in [0.05, 0.1) is 4.88 Å². The first-order chi connectivity index (χ1) is 6.40. The Bertz CT molecular complexity index is 403. The van der Waals surface area contributed by atoms with Crippen LogP contribution < -0.4 is 0 Å². The number of benzene rings is 1. The second kappa shape index (κ2) is 3.54. The van der Waals surface area contributed by atoms with Crippen LogP contribution in [0.15, 0.2) is 36.4 Å². The van der Waals surface area contributed by atoms with Gasteiger partial charge in [-0.2, -0.15) is 0 Å². The molecule has 0 saturated carbocycles. The van der Waals surface area contributed by atoms with Gasteiger partial charge in [0, 0.05) is 4.88 Å². The molecule has 1 heterocycles. The van der Waals surface area contributed by atoms with Crippen molar-refractivity contribution in [3.63, 3.8) is 0 Å². The fourth-order valence-electron chi connectivity index (χ4n) is 1.12. The van der Waals surface area contributed by atoms with Gasteiger partial charge >= 0.3 is 0 Å². The van der Waals surface area contributed by atoms with Gasteiger partial charge in [0.1, 0.15) is 0 Å². The normalized spacial score (nSPS) is 9.85. The minimum atomic E-state index is 0.763. The summed E-state index contributed by atoms with van der Waals surface area (Å²) in [4.78, 5) is 12.3. The van der Waals surface area contributed by atoms with Crippen LogP contribution in [0.1, 0.15) is 9.67 Å². The lowest BCUT2D eigenvalue weighted by molar-refractivity contribution is 0.112. The van der Waals surface area contributed by atoms with Gasteiger partial charge in [0.25, 0.3) is 0 Å². The van der Waals surface area contributed by atoms with E-state index in [1.807, 2.05) is 36.4 Å². The van der Waals surface area contributed by atoms with Crippen LogP contribution in [0.25, 0.3) is 10.4 Å². The van der Waals surface area contributed by atoms with Crippen molar-refractivity contribution in [2.24, 2.45) is 0 Å². The van der Waals surface area contributed by atoms with E-state index in [0.717, 1.165) is 21.6 Å². The molecule has 0 unspecified atom stereocenters. The second-order valence-electron chi connectivity index (χ2n) is 2.61. The summed E-state index contributed by atoms with van der Waals surface area (Å²) in [6.07, 6.45) is 0.876. The van der Waals surface area contributed by atoms with Crippen LogP contribution in [0.3, 0.4) is 0 Å². The smallest absolute Gasteiger partial charge is 0.160 e. The molecule has 13 heavy (non-hydrogen) atoms. The first kappa shape index (κ1) is 8.20. The Morgan fingerprint density at radius 1 is 1.31 bits per heavy atom. The van der Waals surface area contributed by atoms with Crippen molar-refractivity contribution in [3.8, 4) is 10.4 Å². The molecule has 63 valence electrons. The van der Waals surface area contributed by atoms with Crippen molar-refractivity contribution in [2.75, 3.05) is 0 Å². The summed E-state index contributed by atoms with van der Waals surface area (Å²) < 4.78 is 0. The van der Waals surface area contributed by atoms with E-state index in [1.165, 1.54) is 11.3 Å². The molecule has 1 radical (unpaired) electrons. The van der Waals surface area contributed by atoms with Gasteiger partial charge in [0.15, 0.2) is 6.29 Å². The monoisotopic (exact) mass is 187 g/mol. The van der Waals surface area contributed by atoms with Gasteiger partial charge in [0.2, 0.25) is 0 Å². The average molecular weight is 187 g/mol. The molecule has 0 amide bonds. The predicted molar refractivity (Wildman–Crippen MR) is 54.0 cm³/mol. The largest absolute Gasteiger partial charge is 0.297 e. The summed E-state index contributed by atoms with van der Waals surface area (Å²) in [5.74, 6) is 0. The molecular formula is C11H7OS. The summed E-state index contributed by atoms with van der Waals surface area (Å²) in [5.41, 5.74) is 1.11. The summed E-state index contributed by atoms with van der Waals surface area (Å²) in [7, 11) is 0. The maximum absolute atomic E-state index is 10.5. The summed E-state index contributed by atoms with van der Waals surface area (Å²) in [6.45, 7) is 0. The molecule has 2 rings (SSSR count). The molecule has 0 bridgehead atoms. The van der Waals surface area contributed by atoms with Crippen LogP contribution in [0.5, 0.6) is 0 Å². The van der Waals surface area contributed by atoms with Gasteiger partial charge < -0.3 is 0 Å². The van der Waals surface area contributed by atoms with E-state index < -0.39 is 0 Å². The topological polar surface area (TPSA) is 17.1 Å². The summed E-state index contributed by atoms with van der Waals surface area (Å²) >= 11 is 1.50. The van der Waals surface area contributed by atoms with E-state index >= 15 is 0 Å². The Labute approximate surface area is 80.7 Å². The summed E-state index contributed by atoms with van der Waals surface area (Å²) in [6, 6.07) is 14.5. The van der Waals surface area contributed by atoms with E-state index in [9.17, 15) is 4.79 Å². The van der Waals surface area contributed by atoms with E-state index in [4.69, 9.17) is 0 Å². The standard InChI is InChI=1S/C11H7OS/c12-8-10-6-7-11(13-10)9-4-2-1-3-5-9/h1-2,4-8H. The maximum atomic E-state index is 10.5. The van der Waals surface area contributed by atoms with Crippen molar-refractivity contribution in [3.05, 3.63) is 47.3 Å². The highest BCUT2D eigenvalue weighted by atomic mass is 32.1. The van der Waals surface area contributed by atoms with E-state index in [1.54, 1.807) is 0 Å².